The Morgan fingerprint density at radius 1 is 1.56 bits per heavy atom. The quantitative estimate of drug-likeness (QED) is 0.624. The number of rotatable bonds is 3. The van der Waals surface area contributed by atoms with Crippen molar-refractivity contribution in [1.29, 1.82) is 0 Å². The van der Waals surface area contributed by atoms with Gasteiger partial charge in [0.25, 0.3) is 5.91 Å². The summed E-state index contributed by atoms with van der Waals surface area (Å²) in [5.74, 6) is -1.66. The Hall–Kier alpha value is -1.76. The highest BCUT2D eigenvalue weighted by atomic mass is 79.9. The van der Waals surface area contributed by atoms with Crippen LogP contribution in [0.15, 0.2) is 27.9 Å². The normalized spacial score (nSPS) is 18.2. The van der Waals surface area contributed by atoms with E-state index in [0.717, 1.165) is 9.48 Å². The van der Waals surface area contributed by atoms with Crippen molar-refractivity contribution in [2.24, 2.45) is 11.0 Å². The Morgan fingerprint density at radius 2 is 2.33 bits per heavy atom. The summed E-state index contributed by atoms with van der Waals surface area (Å²) >= 11 is 3.25. The Morgan fingerprint density at radius 3 is 2.94 bits per heavy atom. The number of aromatic nitrogens is 1. The van der Waals surface area contributed by atoms with Gasteiger partial charge in [0.05, 0.1) is 6.61 Å². The first-order valence-corrected chi connectivity index (χ1v) is 6.09. The largest absolute Gasteiger partial charge is 0.465 e. The second-order valence-electron chi connectivity index (χ2n) is 3.48. The molecule has 1 aromatic rings. The van der Waals surface area contributed by atoms with E-state index in [0.29, 0.717) is 5.82 Å². The molecule has 0 fully saturated rings. The average Bonchev–Trinajstić information content (AvgIpc) is 2.73. The lowest BCUT2D eigenvalue weighted by Gasteiger charge is -2.12. The highest BCUT2D eigenvalue weighted by Gasteiger charge is 2.36. The minimum Gasteiger partial charge on any atom is -0.465 e. The zero-order chi connectivity index (χ0) is 13.1. The van der Waals surface area contributed by atoms with Crippen LogP contribution in [0.3, 0.4) is 0 Å². The Bertz CT molecular complexity index is 501. The minimum absolute atomic E-state index is 0.229. The average molecular weight is 312 g/mol. The van der Waals surface area contributed by atoms with Gasteiger partial charge < -0.3 is 4.74 Å². The molecule has 1 aliphatic heterocycles. The second kappa shape index (κ2) is 5.26. The third-order valence-electron chi connectivity index (χ3n) is 2.28. The number of anilines is 1. The topological polar surface area (TPSA) is 71.9 Å². The molecule has 0 N–H and O–H groups in total. The molecule has 0 aliphatic carbocycles. The summed E-state index contributed by atoms with van der Waals surface area (Å²) in [6.45, 7) is 1.91. The smallest absolute Gasteiger partial charge is 0.324 e. The first kappa shape index (κ1) is 12.7. The van der Waals surface area contributed by atoms with E-state index in [-0.39, 0.29) is 6.61 Å². The van der Waals surface area contributed by atoms with Crippen LogP contribution in [0.25, 0.3) is 0 Å². The maximum Gasteiger partial charge on any atom is 0.324 e. The number of amides is 1. The van der Waals surface area contributed by atoms with E-state index >= 15 is 0 Å². The van der Waals surface area contributed by atoms with Crippen LogP contribution in [0.4, 0.5) is 5.82 Å². The molecule has 18 heavy (non-hydrogen) atoms. The summed E-state index contributed by atoms with van der Waals surface area (Å²) in [7, 11) is 0. The third-order valence-corrected chi connectivity index (χ3v) is 2.74. The molecule has 0 bridgehead atoms. The summed E-state index contributed by atoms with van der Waals surface area (Å²) in [5.41, 5.74) is 0. The maximum absolute atomic E-state index is 12.0. The zero-order valence-electron chi connectivity index (χ0n) is 9.54. The third kappa shape index (κ3) is 2.40. The molecule has 0 saturated heterocycles. The van der Waals surface area contributed by atoms with E-state index in [9.17, 15) is 9.59 Å². The Labute approximate surface area is 112 Å². The van der Waals surface area contributed by atoms with Crippen LogP contribution >= 0.6 is 15.9 Å². The summed E-state index contributed by atoms with van der Waals surface area (Å²) < 4.78 is 5.59. The molecule has 1 atom stereocenters. The van der Waals surface area contributed by atoms with Gasteiger partial charge in [-0.2, -0.15) is 10.1 Å². The van der Waals surface area contributed by atoms with Crippen molar-refractivity contribution >= 4 is 39.8 Å². The van der Waals surface area contributed by atoms with Gasteiger partial charge in [0.2, 0.25) is 0 Å². The standard InChI is InChI=1S/C11H10BrN3O3/c1-2-18-11(17)8-6-14-15(10(8)16)9-4-3-7(12)5-13-9/h3-6,8H,2H2,1H3. The number of pyridine rings is 1. The van der Waals surface area contributed by atoms with E-state index in [1.54, 1.807) is 25.3 Å². The number of hydrazone groups is 1. The molecule has 1 aromatic heterocycles. The van der Waals surface area contributed by atoms with Gasteiger partial charge in [-0.1, -0.05) is 0 Å². The van der Waals surface area contributed by atoms with E-state index in [2.05, 4.69) is 26.0 Å². The molecule has 2 heterocycles. The predicted molar refractivity (Wildman–Crippen MR) is 68.0 cm³/mol. The fourth-order valence-electron chi connectivity index (χ4n) is 1.44. The van der Waals surface area contributed by atoms with Crippen LogP contribution in [0, 0.1) is 5.92 Å². The van der Waals surface area contributed by atoms with Gasteiger partial charge in [-0.3, -0.25) is 9.59 Å². The molecular weight excluding hydrogens is 302 g/mol. The molecule has 2 rings (SSSR count). The summed E-state index contributed by atoms with van der Waals surface area (Å²) in [4.78, 5) is 27.5. The minimum atomic E-state index is -0.976. The van der Waals surface area contributed by atoms with Crippen molar-refractivity contribution < 1.29 is 14.3 Å². The van der Waals surface area contributed by atoms with Crippen molar-refractivity contribution in [3.05, 3.63) is 22.8 Å². The number of ether oxygens (including phenoxy) is 1. The molecular formula is C11H10BrN3O3. The van der Waals surface area contributed by atoms with Crippen LogP contribution < -0.4 is 5.01 Å². The number of hydrogen-bond donors (Lipinski definition) is 0. The van der Waals surface area contributed by atoms with Crippen molar-refractivity contribution in [3.8, 4) is 0 Å². The van der Waals surface area contributed by atoms with E-state index in [1.165, 1.54) is 6.21 Å². The van der Waals surface area contributed by atoms with E-state index in [4.69, 9.17) is 4.74 Å². The van der Waals surface area contributed by atoms with Gasteiger partial charge in [0, 0.05) is 16.9 Å². The Balaban J connectivity index is 2.15. The van der Waals surface area contributed by atoms with E-state index in [1.807, 2.05) is 0 Å². The summed E-state index contributed by atoms with van der Waals surface area (Å²) in [6, 6.07) is 3.37. The number of hydrogen-bond acceptors (Lipinski definition) is 5. The van der Waals surface area contributed by atoms with Crippen LogP contribution in [-0.2, 0) is 14.3 Å². The maximum atomic E-state index is 12.0. The molecule has 1 amide bonds. The van der Waals surface area contributed by atoms with Crippen LogP contribution in [0.5, 0.6) is 0 Å². The SMILES string of the molecule is CCOC(=O)C1C=NN(c2ccc(Br)cn2)C1=O. The van der Waals surface area contributed by atoms with Gasteiger partial charge in [-0.25, -0.2) is 4.98 Å². The second-order valence-corrected chi connectivity index (χ2v) is 4.39. The fraction of sp³-hybridized carbons (Fsp3) is 0.273. The first-order valence-electron chi connectivity index (χ1n) is 5.29. The van der Waals surface area contributed by atoms with Crippen molar-refractivity contribution in [1.82, 2.24) is 4.98 Å². The van der Waals surface area contributed by atoms with Crippen molar-refractivity contribution in [2.75, 3.05) is 11.6 Å². The number of carbonyl (C=O) groups excluding carboxylic acids is 2. The van der Waals surface area contributed by atoms with Crippen molar-refractivity contribution in [3.63, 3.8) is 0 Å². The summed E-state index contributed by atoms with van der Waals surface area (Å²) in [6.07, 6.45) is 2.82. The molecule has 1 aliphatic rings. The molecule has 0 saturated carbocycles. The first-order chi connectivity index (χ1) is 8.63. The van der Waals surface area contributed by atoms with Crippen LogP contribution in [-0.4, -0.2) is 29.7 Å². The highest BCUT2D eigenvalue weighted by Crippen LogP contribution is 2.21. The molecule has 6 nitrogen and oxygen atoms in total. The molecule has 0 spiro atoms. The lowest BCUT2D eigenvalue weighted by molar-refractivity contribution is -0.147. The number of halogens is 1. The lowest BCUT2D eigenvalue weighted by Crippen LogP contribution is -2.32. The van der Waals surface area contributed by atoms with Gasteiger partial charge in [-0.15, -0.1) is 0 Å². The van der Waals surface area contributed by atoms with Gasteiger partial charge in [-0.05, 0) is 35.0 Å². The predicted octanol–water partition coefficient (Wildman–Crippen LogP) is 1.36. The molecule has 94 valence electrons. The molecule has 7 heteroatoms. The molecule has 0 aromatic carbocycles. The van der Waals surface area contributed by atoms with E-state index < -0.39 is 17.8 Å². The summed E-state index contributed by atoms with van der Waals surface area (Å²) in [5, 5.41) is 4.97. The van der Waals surface area contributed by atoms with Gasteiger partial charge in [0.1, 0.15) is 0 Å². The van der Waals surface area contributed by atoms with Gasteiger partial charge >= 0.3 is 5.97 Å². The number of esters is 1. The lowest BCUT2D eigenvalue weighted by atomic mass is 10.1. The Kier molecular flexibility index (Phi) is 3.71. The fourth-order valence-corrected chi connectivity index (χ4v) is 1.68. The molecule has 1 unspecified atom stereocenters. The monoisotopic (exact) mass is 311 g/mol. The van der Waals surface area contributed by atoms with Crippen LogP contribution in [0.2, 0.25) is 0 Å². The van der Waals surface area contributed by atoms with Crippen molar-refractivity contribution in [2.45, 2.75) is 6.92 Å². The highest BCUT2D eigenvalue weighted by molar-refractivity contribution is 9.10. The zero-order valence-corrected chi connectivity index (χ0v) is 11.1. The molecule has 0 radical (unpaired) electrons. The number of nitrogens with zero attached hydrogens (tertiary/aromatic N) is 3. The van der Waals surface area contributed by atoms with Gasteiger partial charge in [0.15, 0.2) is 11.7 Å². The van der Waals surface area contributed by atoms with Crippen LogP contribution in [0.1, 0.15) is 6.92 Å². The number of carbonyl (C=O) groups is 2.